The number of anilines is 1. The summed E-state index contributed by atoms with van der Waals surface area (Å²) in [4.78, 5) is 27.3. The lowest BCUT2D eigenvalue weighted by molar-refractivity contribution is -0.142. The van der Waals surface area contributed by atoms with Gasteiger partial charge < -0.3 is 15.0 Å². The van der Waals surface area contributed by atoms with Crippen molar-refractivity contribution in [2.24, 2.45) is 0 Å². The fourth-order valence-corrected chi connectivity index (χ4v) is 3.59. The number of nitrogens with one attached hydrogen (secondary N) is 1. The van der Waals surface area contributed by atoms with Crippen molar-refractivity contribution >= 4 is 17.5 Å². The van der Waals surface area contributed by atoms with E-state index in [2.05, 4.69) is 5.32 Å². The zero-order chi connectivity index (χ0) is 19.3. The SMILES string of the molecule is Cc1ccc(NC(=O)CN(C)C(=O)C2(c3ccccc3)CCOCC2)cc1. The number of amides is 2. The molecule has 0 unspecified atom stereocenters. The molecule has 0 spiro atoms. The number of benzene rings is 2. The summed E-state index contributed by atoms with van der Waals surface area (Å²) >= 11 is 0. The highest BCUT2D eigenvalue weighted by atomic mass is 16.5. The van der Waals surface area contributed by atoms with Gasteiger partial charge in [-0.2, -0.15) is 0 Å². The molecule has 0 aliphatic carbocycles. The first-order valence-corrected chi connectivity index (χ1v) is 9.27. The summed E-state index contributed by atoms with van der Waals surface area (Å²) < 4.78 is 5.50. The van der Waals surface area contributed by atoms with Gasteiger partial charge in [-0.15, -0.1) is 0 Å². The summed E-state index contributed by atoms with van der Waals surface area (Å²) in [6.45, 7) is 3.10. The molecule has 1 saturated heterocycles. The molecule has 1 fully saturated rings. The van der Waals surface area contributed by atoms with Gasteiger partial charge in [-0.3, -0.25) is 9.59 Å². The van der Waals surface area contributed by atoms with Crippen LogP contribution in [0.3, 0.4) is 0 Å². The normalized spacial score (nSPS) is 15.8. The summed E-state index contributed by atoms with van der Waals surface area (Å²) in [5.41, 5.74) is 2.22. The third-order valence-electron chi connectivity index (χ3n) is 5.14. The van der Waals surface area contributed by atoms with E-state index in [1.807, 2.05) is 61.5 Å². The Morgan fingerprint density at radius 1 is 1.04 bits per heavy atom. The first-order valence-electron chi connectivity index (χ1n) is 9.27. The van der Waals surface area contributed by atoms with Gasteiger partial charge in [0.05, 0.1) is 12.0 Å². The van der Waals surface area contributed by atoms with Gasteiger partial charge in [0.15, 0.2) is 0 Å². The van der Waals surface area contributed by atoms with Gasteiger partial charge in [-0.1, -0.05) is 48.0 Å². The van der Waals surface area contributed by atoms with E-state index in [0.29, 0.717) is 26.1 Å². The summed E-state index contributed by atoms with van der Waals surface area (Å²) in [5.74, 6) is -0.235. The lowest BCUT2D eigenvalue weighted by atomic mass is 9.73. The number of ether oxygens (including phenoxy) is 1. The Kier molecular flexibility index (Phi) is 5.91. The minimum absolute atomic E-state index is 0.0160. The lowest BCUT2D eigenvalue weighted by Gasteiger charge is -2.38. The van der Waals surface area contributed by atoms with Gasteiger partial charge in [0.2, 0.25) is 11.8 Å². The van der Waals surface area contributed by atoms with Crippen LogP contribution in [0, 0.1) is 6.92 Å². The van der Waals surface area contributed by atoms with Crippen LogP contribution in [-0.4, -0.2) is 43.5 Å². The summed E-state index contributed by atoms with van der Waals surface area (Å²) in [6, 6.07) is 17.4. The molecule has 0 aromatic heterocycles. The number of hydrogen-bond acceptors (Lipinski definition) is 3. The standard InChI is InChI=1S/C22H26N2O3/c1-17-8-10-19(11-9-17)23-20(25)16-24(2)21(26)22(12-14-27-15-13-22)18-6-4-3-5-7-18/h3-11H,12-16H2,1-2H3,(H,23,25). The Labute approximate surface area is 160 Å². The van der Waals surface area contributed by atoms with E-state index < -0.39 is 5.41 Å². The van der Waals surface area contributed by atoms with Gasteiger partial charge in [0.1, 0.15) is 0 Å². The van der Waals surface area contributed by atoms with E-state index in [1.165, 1.54) is 4.90 Å². The van der Waals surface area contributed by atoms with Crippen LogP contribution in [0.25, 0.3) is 0 Å². The number of hydrogen-bond donors (Lipinski definition) is 1. The number of nitrogens with zero attached hydrogens (tertiary/aromatic N) is 1. The highest BCUT2D eigenvalue weighted by molar-refractivity contribution is 5.96. The van der Waals surface area contributed by atoms with Crippen LogP contribution in [0.5, 0.6) is 0 Å². The average molecular weight is 366 g/mol. The Balaban J connectivity index is 1.72. The molecule has 2 aromatic carbocycles. The largest absolute Gasteiger partial charge is 0.381 e. The predicted octanol–water partition coefficient (Wildman–Crippen LogP) is 3.14. The molecule has 1 aliphatic rings. The summed E-state index contributed by atoms with van der Waals surface area (Å²) in [6.07, 6.45) is 1.25. The van der Waals surface area contributed by atoms with E-state index in [-0.39, 0.29) is 18.4 Å². The lowest BCUT2D eigenvalue weighted by Crippen LogP contribution is -2.50. The minimum atomic E-state index is -0.627. The third kappa shape index (κ3) is 4.37. The van der Waals surface area contributed by atoms with E-state index in [4.69, 9.17) is 4.74 Å². The van der Waals surface area contributed by atoms with Crippen molar-refractivity contribution in [3.63, 3.8) is 0 Å². The second-order valence-electron chi connectivity index (χ2n) is 7.14. The van der Waals surface area contributed by atoms with Crippen LogP contribution in [0.2, 0.25) is 0 Å². The predicted molar refractivity (Wildman–Crippen MR) is 106 cm³/mol. The van der Waals surface area contributed by atoms with Crippen molar-refractivity contribution in [1.29, 1.82) is 0 Å². The minimum Gasteiger partial charge on any atom is -0.381 e. The van der Waals surface area contributed by atoms with Gasteiger partial charge in [0, 0.05) is 25.9 Å². The van der Waals surface area contributed by atoms with Crippen molar-refractivity contribution in [1.82, 2.24) is 4.90 Å². The van der Waals surface area contributed by atoms with Crippen LogP contribution in [0.15, 0.2) is 54.6 Å². The Morgan fingerprint density at radius 2 is 1.67 bits per heavy atom. The fraction of sp³-hybridized carbons (Fsp3) is 0.364. The fourth-order valence-electron chi connectivity index (χ4n) is 3.59. The van der Waals surface area contributed by atoms with Gasteiger partial charge >= 0.3 is 0 Å². The molecule has 1 aliphatic heterocycles. The zero-order valence-corrected chi connectivity index (χ0v) is 15.9. The molecular formula is C22H26N2O3. The van der Waals surface area contributed by atoms with Crippen molar-refractivity contribution < 1.29 is 14.3 Å². The molecule has 0 radical (unpaired) electrons. The monoisotopic (exact) mass is 366 g/mol. The first-order chi connectivity index (χ1) is 13.0. The molecule has 1 N–H and O–H groups in total. The quantitative estimate of drug-likeness (QED) is 0.884. The second-order valence-corrected chi connectivity index (χ2v) is 7.14. The Hall–Kier alpha value is -2.66. The van der Waals surface area contributed by atoms with Gasteiger partial charge in [0.25, 0.3) is 0 Å². The molecule has 5 nitrogen and oxygen atoms in total. The van der Waals surface area contributed by atoms with Crippen LogP contribution < -0.4 is 5.32 Å². The highest BCUT2D eigenvalue weighted by Crippen LogP contribution is 2.36. The van der Waals surface area contributed by atoms with E-state index in [9.17, 15) is 9.59 Å². The maximum Gasteiger partial charge on any atom is 0.243 e. The van der Waals surface area contributed by atoms with Crippen molar-refractivity contribution in [2.45, 2.75) is 25.2 Å². The first kappa shape index (κ1) is 19.1. The maximum atomic E-state index is 13.3. The van der Waals surface area contributed by atoms with E-state index in [1.54, 1.807) is 7.05 Å². The van der Waals surface area contributed by atoms with E-state index in [0.717, 1.165) is 16.8 Å². The molecule has 2 amide bonds. The molecule has 0 bridgehead atoms. The zero-order valence-electron chi connectivity index (χ0n) is 15.9. The van der Waals surface area contributed by atoms with Gasteiger partial charge in [-0.25, -0.2) is 0 Å². The molecule has 27 heavy (non-hydrogen) atoms. The molecular weight excluding hydrogens is 340 g/mol. The molecule has 142 valence electrons. The molecule has 2 aromatic rings. The number of likely N-dealkylation sites (N-methyl/N-ethyl adjacent to an activating group) is 1. The van der Waals surface area contributed by atoms with Crippen LogP contribution in [0.4, 0.5) is 5.69 Å². The summed E-state index contributed by atoms with van der Waals surface area (Å²) in [7, 11) is 1.69. The van der Waals surface area contributed by atoms with Crippen molar-refractivity contribution in [3.05, 3.63) is 65.7 Å². The number of carbonyl (C=O) groups excluding carboxylic acids is 2. The topological polar surface area (TPSA) is 58.6 Å². The smallest absolute Gasteiger partial charge is 0.243 e. The second kappa shape index (κ2) is 8.35. The van der Waals surface area contributed by atoms with Crippen LogP contribution in [-0.2, 0) is 19.7 Å². The maximum absolute atomic E-state index is 13.3. The Morgan fingerprint density at radius 3 is 2.30 bits per heavy atom. The molecule has 0 saturated carbocycles. The van der Waals surface area contributed by atoms with Crippen LogP contribution >= 0.6 is 0 Å². The molecule has 3 rings (SSSR count). The average Bonchev–Trinajstić information content (AvgIpc) is 2.70. The molecule has 1 heterocycles. The van der Waals surface area contributed by atoms with Crippen molar-refractivity contribution in [3.8, 4) is 0 Å². The Bertz CT molecular complexity index is 781. The number of carbonyl (C=O) groups is 2. The van der Waals surface area contributed by atoms with Crippen molar-refractivity contribution in [2.75, 3.05) is 32.1 Å². The van der Waals surface area contributed by atoms with Gasteiger partial charge in [-0.05, 0) is 37.5 Å². The van der Waals surface area contributed by atoms with E-state index >= 15 is 0 Å². The summed E-state index contributed by atoms with van der Waals surface area (Å²) in [5, 5.41) is 2.85. The molecule has 5 heteroatoms. The third-order valence-corrected chi connectivity index (χ3v) is 5.14. The highest BCUT2D eigenvalue weighted by Gasteiger charge is 2.43. The molecule has 0 atom stereocenters. The number of rotatable bonds is 5. The number of aryl methyl sites for hydroxylation is 1. The van der Waals surface area contributed by atoms with Crippen LogP contribution in [0.1, 0.15) is 24.0 Å².